The molecule has 14 heteroatoms. The number of oxime groups is 1. The monoisotopic (exact) mass is 536 g/mol. The molecule has 13 nitrogen and oxygen atoms in total. The number of rotatable bonds is 7. The van der Waals surface area contributed by atoms with Crippen LogP contribution in [0.3, 0.4) is 0 Å². The summed E-state index contributed by atoms with van der Waals surface area (Å²) in [6.45, 7) is 1.08. The van der Waals surface area contributed by atoms with Gasteiger partial charge in [0.15, 0.2) is 11.8 Å². The zero-order valence-corrected chi connectivity index (χ0v) is 21.0. The molecule has 0 aliphatic carbocycles. The van der Waals surface area contributed by atoms with Gasteiger partial charge in [0, 0.05) is 58.8 Å². The number of nitrogens with one attached hydrogen (secondary N) is 1. The van der Waals surface area contributed by atoms with Gasteiger partial charge >= 0.3 is 0 Å². The number of carbonyl (C=O) groups is 1. The van der Waals surface area contributed by atoms with Crippen LogP contribution in [-0.2, 0) is 22.2 Å². The van der Waals surface area contributed by atoms with Crippen LogP contribution in [0.5, 0.6) is 5.88 Å². The highest BCUT2D eigenvalue weighted by Crippen LogP contribution is 2.28. The van der Waals surface area contributed by atoms with E-state index < -0.39 is 16.9 Å². The SMILES string of the molecule is O=C(NN1CCS(=O)CC1)c1ccc(COc2nn3c(C4=NOC(CO)C4)nnc3c3ccccc23)nc1. The van der Waals surface area contributed by atoms with Crippen LogP contribution < -0.4 is 10.2 Å². The number of ether oxygens (including phenoxy) is 1. The zero-order chi connectivity index (χ0) is 26.1. The first-order valence-electron chi connectivity index (χ1n) is 12.1. The normalized spacial score (nSPS) is 18.4. The third-order valence-corrected chi connectivity index (χ3v) is 7.58. The summed E-state index contributed by atoms with van der Waals surface area (Å²) in [6, 6.07) is 11.0. The van der Waals surface area contributed by atoms with Crippen molar-refractivity contribution in [2.24, 2.45) is 5.16 Å². The van der Waals surface area contributed by atoms with Crippen LogP contribution in [0.2, 0.25) is 0 Å². The van der Waals surface area contributed by atoms with Crippen molar-refractivity contribution < 1.29 is 23.7 Å². The van der Waals surface area contributed by atoms with Gasteiger partial charge in [-0.25, -0.2) is 5.01 Å². The predicted octanol–water partition coefficient (Wildman–Crippen LogP) is 0.446. The maximum atomic E-state index is 12.6. The van der Waals surface area contributed by atoms with Crippen LogP contribution in [0.25, 0.3) is 16.4 Å². The number of hydrogen-bond acceptors (Lipinski definition) is 11. The Labute approximate surface area is 218 Å². The quantitative estimate of drug-likeness (QED) is 0.340. The van der Waals surface area contributed by atoms with Gasteiger partial charge in [-0.1, -0.05) is 23.4 Å². The fourth-order valence-electron chi connectivity index (χ4n) is 4.24. The molecule has 38 heavy (non-hydrogen) atoms. The lowest BCUT2D eigenvalue weighted by molar-refractivity contribution is 0.0390. The molecule has 2 aliphatic rings. The number of hydrogen-bond donors (Lipinski definition) is 2. The van der Waals surface area contributed by atoms with E-state index in [2.05, 4.69) is 30.9 Å². The van der Waals surface area contributed by atoms with Crippen molar-refractivity contribution in [2.45, 2.75) is 19.1 Å². The minimum Gasteiger partial charge on any atom is -0.470 e. The second kappa shape index (κ2) is 10.4. The summed E-state index contributed by atoms with van der Waals surface area (Å²) in [6.07, 6.45) is 1.47. The average Bonchev–Trinajstić information content (AvgIpc) is 3.60. The fourth-order valence-corrected chi connectivity index (χ4v) is 5.29. The molecule has 1 amide bonds. The lowest BCUT2D eigenvalue weighted by atomic mass is 10.1. The first-order chi connectivity index (χ1) is 18.6. The molecule has 1 aromatic carbocycles. The van der Waals surface area contributed by atoms with Crippen molar-refractivity contribution in [3.63, 3.8) is 0 Å². The van der Waals surface area contributed by atoms with Crippen molar-refractivity contribution >= 4 is 38.8 Å². The molecule has 1 saturated heterocycles. The molecule has 1 unspecified atom stereocenters. The minimum atomic E-state index is -0.814. The summed E-state index contributed by atoms with van der Waals surface area (Å²) in [7, 11) is -0.814. The maximum Gasteiger partial charge on any atom is 0.267 e. The van der Waals surface area contributed by atoms with Gasteiger partial charge in [-0.2, -0.15) is 4.52 Å². The van der Waals surface area contributed by atoms with Crippen LogP contribution in [-0.4, -0.2) is 88.0 Å². The van der Waals surface area contributed by atoms with E-state index in [4.69, 9.17) is 9.57 Å². The number of aliphatic hydroxyl groups excluding tert-OH is 1. The van der Waals surface area contributed by atoms with Gasteiger partial charge in [0.2, 0.25) is 11.7 Å². The molecule has 2 aliphatic heterocycles. The van der Waals surface area contributed by atoms with E-state index >= 15 is 0 Å². The highest BCUT2D eigenvalue weighted by Gasteiger charge is 2.27. The maximum absolute atomic E-state index is 12.6. The Morgan fingerprint density at radius 1 is 1.16 bits per heavy atom. The van der Waals surface area contributed by atoms with Gasteiger partial charge in [-0.05, 0) is 18.2 Å². The van der Waals surface area contributed by atoms with Crippen LogP contribution in [0, 0.1) is 0 Å². The molecular weight excluding hydrogens is 512 g/mol. The Kier molecular flexibility index (Phi) is 6.66. The molecule has 0 radical (unpaired) electrons. The number of pyridine rings is 1. The Morgan fingerprint density at radius 2 is 1.97 bits per heavy atom. The Hall–Kier alpha value is -4.01. The Balaban J connectivity index is 1.20. The van der Waals surface area contributed by atoms with Crippen molar-refractivity contribution in [2.75, 3.05) is 31.2 Å². The predicted molar refractivity (Wildman–Crippen MR) is 137 cm³/mol. The molecule has 0 saturated carbocycles. The lowest BCUT2D eigenvalue weighted by Gasteiger charge is -2.26. The molecule has 4 aromatic rings. The van der Waals surface area contributed by atoms with Crippen molar-refractivity contribution in [3.8, 4) is 5.88 Å². The van der Waals surface area contributed by atoms with Crippen molar-refractivity contribution in [3.05, 3.63) is 59.7 Å². The van der Waals surface area contributed by atoms with Gasteiger partial charge in [-0.15, -0.1) is 15.3 Å². The van der Waals surface area contributed by atoms with Crippen LogP contribution in [0.15, 0.2) is 47.8 Å². The second-order valence-electron chi connectivity index (χ2n) is 8.86. The number of fused-ring (bicyclic) bond motifs is 3. The van der Waals surface area contributed by atoms with Crippen molar-refractivity contribution in [1.29, 1.82) is 0 Å². The number of carbonyl (C=O) groups excluding carboxylic acids is 1. The summed E-state index contributed by atoms with van der Waals surface area (Å²) < 4.78 is 19.2. The highest BCUT2D eigenvalue weighted by atomic mass is 32.2. The number of aliphatic hydroxyl groups is 1. The molecule has 5 heterocycles. The second-order valence-corrected chi connectivity index (χ2v) is 10.6. The number of aromatic nitrogens is 5. The van der Waals surface area contributed by atoms with Crippen LogP contribution in [0.1, 0.15) is 28.3 Å². The fraction of sp³-hybridized carbons (Fsp3) is 0.333. The third-order valence-electron chi connectivity index (χ3n) is 6.31. The number of amides is 1. The van der Waals surface area contributed by atoms with Gasteiger partial charge < -0.3 is 14.7 Å². The molecule has 0 spiro atoms. The van der Waals surface area contributed by atoms with Crippen LogP contribution in [0.4, 0.5) is 0 Å². The van der Waals surface area contributed by atoms with E-state index in [1.54, 1.807) is 21.7 Å². The summed E-state index contributed by atoms with van der Waals surface area (Å²) in [5, 5.41) is 30.0. The standard InChI is InChI=1S/C24H24N8O5S/c33-13-17-11-20(30-37-17)22-27-26-21-18-3-1-2-4-19(18)24(29-32(21)22)36-14-16-6-5-15(12-25-16)23(34)28-31-7-9-38(35)10-8-31/h1-6,12,17,33H,7-11,13-14H2,(H,28,34). The van der Waals surface area contributed by atoms with E-state index in [0.717, 1.165) is 10.8 Å². The Morgan fingerprint density at radius 3 is 2.71 bits per heavy atom. The summed E-state index contributed by atoms with van der Waals surface area (Å²) in [5.41, 5.74) is 4.95. The third kappa shape index (κ3) is 4.80. The molecule has 3 aromatic heterocycles. The molecule has 6 rings (SSSR count). The zero-order valence-electron chi connectivity index (χ0n) is 20.2. The van der Waals surface area contributed by atoms with Gasteiger partial charge in [0.05, 0.1) is 17.9 Å². The summed E-state index contributed by atoms with van der Waals surface area (Å²) >= 11 is 0. The number of nitrogens with zero attached hydrogens (tertiary/aromatic N) is 7. The van der Waals surface area contributed by atoms with Crippen LogP contribution >= 0.6 is 0 Å². The largest absolute Gasteiger partial charge is 0.470 e. The smallest absolute Gasteiger partial charge is 0.267 e. The molecule has 1 atom stereocenters. The molecule has 2 N–H and O–H groups in total. The average molecular weight is 537 g/mol. The summed E-state index contributed by atoms with van der Waals surface area (Å²) in [5.74, 6) is 1.60. The number of benzene rings is 1. The topological polar surface area (TPSA) is 156 Å². The van der Waals surface area contributed by atoms with E-state index in [9.17, 15) is 14.1 Å². The summed E-state index contributed by atoms with van der Waals surface area (Å²) in [4.78, 5) is 22.2. The first-order valence-corrected chi connectivity index (χ1v) is 13.5. The Bertz CT molecular complexity index is 1550. The molecule has 0 bridgehead atoms. The minimum absolute atomic E-state index is 0.121. The van der Waals surface area contributed by atoms with E-state index in [1.165, 1.54) is 6.20 Å². The van der Waals surface area contributed by atoms with E-state index in [1.807, 2.05) is 24.3 Å². The molecular formula is C24H24N8O5S. The highest BCUT2D eigenvalue weighted by molar-refractivity contribution is 7.85. The molecule has 1 fully saturated rings. The van der Waals surface area contributed by atoms with Gasteiger partial charge in [0.25, 0.3) is 5.91 Å². The van der Waals surface area contributed by atoms with E-state index in [0.29, 0.717) is 65.3 Å². The molecule has 196 valence electrons. The van der Waals surface area contributed by atoms with Gasteiger partial charge in [0.1, 0.15) is 12.3 Å². The lowest BCUT2D eigenvalue weighted by Crippen LogP contribution is -2.49. The van der Waals surface area contributed by atoms with Crippen molar-refractivity contribution in [1.82, 2.24) is 35.2 Å². The van der Waals surface area contributed by atoms with Gasteiger partial charge in [-0.3, -0.25) is 19.4 Å². The van der Waals surface area contributed by atoms with E-state index in [-0.39, 0.29) is 19.1 Å². The first kappa shape index (κ1) is 24.3. The number of hydrazine groups is 1.